The lowest BCUT2D eigenvalue weighted by Gasteiger charge is -2.25. The van der Waals surface area contributed by atoms with Crippen LogP contribution in [0.1, 0.15) is 40.2 Å². The van der Waals surface area contributed by atoms with Gasteiger partial charge in [0.25, 0.3) is 0 Å². The molecule has 0 aliphatic rings. The minimum atomic E-state index is -0.631. The van der Waals surface area contributed by atoms with Crippen LogP contribution in [0.5, 0.6) is 0 Å². The third kappa shape index (κ3) is 5.11. The molecular formula is C19H26N4O2S. The van der Waals surface area contributed by atoms with Crippen molar-refractivity contribution in [1.29, 1.82) is 0 Å². The second-order valence-electron chi connectivity index (χ2n) is 7.71. The van der Waals surface area contributed by atoms with Gasteiger partial charge in [0.1, 0.15) is 11.0 Å². The number of rotatable bonds is 5. The van der Waals surface area contributed by atoms with Crippen molar-refractivity contribution in [2.75, 3.05) is 5.32 Å². The van der Waals surface area contributed by atoms with Crippen molar-refractivity contribution in [2.24, 2.45) is 11.3 Å². The summed E-state index contributed by atoms with van der Waals surface area (Å²) in [7, 11) is 0. The van der Waals surface area contributed by atoms with E-state index in [2.05, 4.69) is 20.8 Å². The van der Waals surface area contributed by atoms with Crippen molar-refractivity contribution in [3.63, 3.8) is 0 Å². The molecule has 1 atom stereocenters. The standard InChI is InChI=1S/C19H26N4O2S/c1-11(2)14(20-17(25)19(4,5)6)15(24)21-18-23-22-16(26-18)13-9-7-12(3)8-10-13/h7-11,14H,1-6H3,(H,20,25)(H,21,23,24)/t14-/m1/s1. The summed E-state index contributed by atoms with van der Waals surface area (Å²) < 4.78 is 0. The van der Waals surface area contributed by atoms with Crippen molar-refractivity contribution in [2.45, 2.75) is 47.6 Å². The highest BCUT2D eigenvalue weighted by atomic mass is 32.1. The van der Waals surface area contributed by atoms with Crippen molar-refractivity contribution in [1.82, 2.24) is 15.5 Å². The van der Waals surface area contributed by atoms with E-state index < -0.39 is 11.5 Å². The fraction of sp³-hybridized carbons (Fsp3) is 0.474. The van der Waals surface area contributed by atoms with Crippen LogP contribution >= 0.6 is 11.3 Å². The van der Waals surface area contributed by atoms with Crippen LogP contribution in [-0.4, -0.2) is 28.1 Å². The summed E-state index contributed by atoms with van der Waals surface area (Å²) >= 11 is 1.31. The molecule has 0 aliphatic carbocycles. The van der Waals surface area contributed by atoms with Crippen LogP contribution < -0.4 is 10.6 Å². The highest BCUT2D eigenvalue weighted by Gasteiger charge is 2.30. The molecule has 0 radical (unpaired) electrons. The highest BCUT2D eigenvalue weighted by Crippen LogP contribution is 2.26. The van der Waals surface area contributed by atoms with Crippen LogP contribution in [-0.2, 0) is 9.59 Å². The number of carbonyl (C=O) groups is 2. The lowest BCUT2D eigenvalue weighted by atomic mass is 9.93. The van der Waals surface area contributed by atoms with Gasteiger partial charge in [-0.05, 0) is 12.8 Å². The Hall–Kier alpha value is -2.28. The normalized spacial score (nSPS) is 12.7. The van der Waals surface area contributed by atoms with Crippen LogP contribution in [0.15, 0.2) is 24.3 Å². The molecule has 1 heterocycles. The minimum Gasteiger partial charge on any atom is -0.344 e. The van der Waals surface area contributed by atoms with Gasteiger partial charge in [-0.1, -0.05) is 75.8 Å². The molecule has 0 fully saturated rings. The van der Waals surface area contributed by atoms with Gasteiger partial charge in [0.2, 0.25) is 16.9 Å². The van der Waals surface area contributed by atoms with Gasteiger partial charge in [-0.25, -0.2) is 0 Å². The first kappa shape index (κ1) is 20.0. The van der Waals surface area contributed by atoms with Crippen molar-refractivity contribution in [3.05, 3.63) is 29.8 Å². The van der Waals surface area contributed by atoms with Crippen molar-refractivity contribution < 1.29 is 9.59 Å². The molecule has 7 heteroatoms. The minimum absolute atomic E-state index is 0.0502. The van der Waals surface area contributed by atoms with E-state index >= 15 is 0 Å². The van der Waals surface area contributed by atoms with Crippen LogP contribution in [0.4, 0.5) is 5.13 Å². The zero-order chi connectivity index (χ0) is 19.5. The number of nitrogens with zero attached hydrogens (tertiary/aromatic N) is 2. The maximum atomic E-state index is 12.6. The molecule has 0 saturated heterocycles. The lowest BCUT2D eigenvalue weighted by molar-refractivity contribution is -0.132. The molecule has 140 valence electrons. The fourth-order valence-corrected chi connectivity index (χ4v) is 2.91. The van der Waals surface area contributed by atoms with Gasteiger partial charge in [0, 0.05) is 11.0 Å². The van der Waals surface area contributed by atoms with Gasteiger partial charge >= 0.3 is 0 Å². The molecule has 6 nitrogen and oxygen atoms in total. The number of hydrogen-bond donors (Lipinski definition) is 2. The predicted octanol–water partition coefficient (Wildman–Crippen LogP) is 3.64. The zero-order valence-electron chi connectivity index (χ0n) is 16.1. The Morgan fingerprint density at radius 1 is 1.08 bits per heavy atom. The number of amides is 2. The molecule has 1 aromatic heterocycles. The van der Waals surface area contributed by atoms with Crippen LogP contribution in [0.3, 0.4) is 0 Å². The number of nitrogens with one attached hydrogen (secondary N) is 2. The number of benzene rings is 1. The van der Waals surface area contributed by atoms with Crippen molar-refractivity contribution in [3.8, 4) is 10.6 Å². The van der Waals surface area contributed by atoms with Crippen LogP contribution in [0, 0.1) is 18.3 Å². The molecule has 0 spiro atoms. The topological polar surface area (TPSA) is 84.0 Å². The molecule has 2 aromatic rings. The van der Waals surface area contributed by atoms with E-state index in [4.69, 9.17) is 0 Å². The molecule has 0 bridgehead atoms. The third-order valence-electron chi connectivity index (χ3n) is 3.87. The quantitative estimate of drug-likeness (QED) is 0.837. The van der Waals surface area contributed by atoms with Gasteiger partial charge in [-0.2, -0.15) is 0 Å². The predicted molar refractivity (Wildman–Crippen MR) is 105 cm³/mol. The SMILES string of the molecule is Cc1ccc(-c2nnc(NC(=O)[C@H](NC(=O)C(C)(C)C)C(C)C)s2)cc1. The largest absolute Gasteiger partial charge is 0.344 e. The van der Waals surface area contributed by atoms with E-state index in [0.717, 1.165) is 10.6 Å². The first-order valence-electron chi connectivity index (χ1n) is 8.60. The van der Waals surface area contributed by atoms with E-state index in [9.17, 15) is 9.59 Å². The fourth-order valence-electron chi connectivity index (χ4n) is 2.16. The molecule has 2 N–H and O–H groups in total. The Morgan fingerprint density at radius 3 is 2.23 bits per heavy atom. The van der Waals surface area contributed by atoms with Gasteiger partial charge in [-0.15, -0.1) is 10.2 Å². The van der Waals surface area contributed by atoms with Gasteiger partial charge < -0.3 is 5.32 Å². The molecule has 26 heavy (non-hydrogen) atoms. The number of anilines is 1. The number of hydrogen-bond acceptors (Lipinski definition) is 5. The number of carbonyl (C=O) groups excluding carboxylic acids is 2. The lowest BCUT2D eigenvalue weighted by Crippen LogP contribution is -2.50. The first-order valence-corrected chi connectivity index (χ1v) is 9.42. The summed E-state index contributed by atoms with van der Waals surface area (Å²) in [6.45, 7) is 11.3. The summed E-state index contributed by atoms with van der Waals surface area (Å²) in [6, 6.07) is 7.33. The number of aryl methyl sites for hydroxylation is 1. The summed E-state index contributed by atoms with van der Waals surface area (Å²) in [6.07, 6.45) is 0. The van der Waals surface area contributed by atoms with E-state index in [1.807, 2.05) is 65.8 Å². The second-order valence-corrected chi connectivity index (χ2v) is 8.69. The Morgan fingerprint density at radius 2 is 1.69 bits per heavy atom. The third-order valence-corrected chi connectivity index (χ3v) is 4.76. The Balaban J connectivity index is 2.10. The van der Waals surface area contributed by atoms with Crippen LogP contribution in [0.25, 0.3) is 10.6 Å². The van der Waals surface area contributed by atoms with Gasteiger partial charge in [0.05, 0.1) is 0 Å². The van der Waals surface area contributed by atoms with Gasteiger partial charge in [-0.3, -0.25) is 14.9 Å². The zero-order valence-corrected chi connectivity index (χ0v) is 16.9. The Bertz CT molecular complexity index is 776. The van der Waals surface area contributed by atoms with Gasteiger partial charge in [0.15, 0.2) is 0 Å². The Labute approximate surface area is 158 Å². The Kier molecular flexibility index (Phi) is 6.13. The monoisotopic (exact) mass is 374 g/mol. The summed E-state index contributed by atoms with van der Waals surface area (Å²) in [5.74, 6) is -0.501. The summed E-state index contributed by atoms with van der Waals surface area (Å²) in [5, 5.41) is 14.9. The summed E-state index contributed by atoms with van der Waals surface area (Å²) in [4.78, 5) is 24.9. The average Bonchev–Trinajstić information content (AvgIpc) is 3.00. The van der Waals surface area contributed by atoms with E-state index in [0.29, 0.717) is 5.13 Å². The molecule has 0 aliphatic heterocycles. The van der Waals surface area contributed by atoms with Crippen molar-refractivity contribution >= 4 is 28.3 Å². The molecule has 0 unspecified atom stereocenters. The van der Waals surface area contributed by atoms with E-state index in [1.165, 1.54) is 16.9 Å². The summed E-state index contributed by atoms with van der Waals surface area (Å²) in [5.41, 5.74) is 1.56. The number of aromatic nitrogens is 2. The maximum Gasteiger partial charge on any atom is 0.249 e. The second kappa shape index (κ2) is 7.95. The maximum absolute atomic E-state index is 12.6. The first-order chi connectivity index (χ1) is 12.1. The molecule has 1 aromatic carbocycles. The molecule has 2 amide bonds. The average molecular weight is 375 g/mol. The van der Waals surface area contributed by atoms with Crippen LogP contribution in [0.2, 0.25) is 0 Å². The van der Waals surface area contributed by atoms with E-state index in [1.54, 1.807) is 0 Å². The highest BCUT2D eigenvalue weighted by molar-refractivity contribution is 7.18. The smallest absolute Gasteiger partial charge is 0.249 e. The molecule has 0 saturated carbocycles. The molecular weight excluding hydrogens is 348 g/mol. The van der Waals surface area contributed by atoms with E-state index in [-0.39, 0.29) is 17.7 Å². The molecule has 2 rings (SSSR count).